The first-order chi connectivity index (χ1) is 15.3. The zero-order chi connectivity index (χ0) is 23.1. The number of nitrogens with one attached hydrogen (secondary N) is 1. The van der Waals surface area contributed by atoms with Crippen molar-refractivity contribution in [2.75, 3.05) is 46.9 Å². The number of hydrogen-bond donors (Lipinski definition) is 1. The molecule has 0 bridgehead atoms. The largest absolute Gasteiger partial charge is 0.497 e. The standard InChI is InChI=1S/C24H37N5O3.HI/c1-7-25-23(27-16-22-26-15-21(32-22)24(2,3)4)29-12-10-28(11-13-29)17-18-14-19(30-5)8-9-20(18)31-6;/h8-9,14-15H,7,10-13,16-17H2,1-6H3,(H,25,27);1H. The molecule has 0 spiro atoms. The van der Waals surface area contributed by atoms with Crippen molar-refractivity contribution in [1.29, 1.82) is 0 Å². The molecular formula is C24H38IN5O3. The van der Waals surface area contributed by atoms with Crippen LogP contribution in [0.25, 0.3) is 0 Å². The van der Waals surface area contributed by atoms with Crippen molar-refractivity contribution in [1.82, 2.24) is 20.1 Å². The second-order valence-electron chi connectivity index (χ2n) is 8.98. The molecule has 1 saturated heterocycles. The van der Waals surface area contributed by atoms with Gasteiger partial charge in [-0.2, -0.15) is 0 Å². The van der Waals surface area contributed by atoms with Crippen LogP contribution < -0.4 is 14.8 Å². The minimum absolute atomic E-state index is 0. The predicted molar refractivity (Wildman–Crippen MR) is 142 cm³/mol. The first kappa shape index (κ1) is 27.2. The summed E-state index contributed by atoms with van der Waals surface area (Å²) in [5.41, 5.74) is 1.08. The Bertz CT molecular complexity index is 902. The molecule has 3 rings (SSSR count). The van der Waals surface area contributed by atoms with Crippen molar-refractivity contribution in [3.63, 3.8) is 0 Å². The summed E-state index contributed by atoms with van der Waals surface area (Å²) in [6.07, 6.45) is 1.81. The van der Waals surface area contributed by atoms with Gasteiger partial charge in [0.15, 0.2) is 5.96 Å². The van der Waals surface area contributed by atoms with Gasteiger partial charge in [-0.25, -0.2) is 9.98 Å². The summed E-state index contributed by atoms with van der Waals surface area (Å²) in [7, 11) is 3.40. The number of halogens is 1. The zero-order valence-electron chi connectivity index (χ0n) is 20.7. The first-order valence-electron chi connectivity index (χ1n) is 11.3. The summed E-state index contributed by atoms with van der Waals surface area (Å²) in [6, 6.07) is 5.95. The van der Waals surface area contributed by atoms with Gasteiger partial charge in [-0.1, -0.05) is 20.8 Å². The third-order valence-corrected chi connectivity index (χ3v) is 5.55. The minimum Gasteiger partial charge on any atom is -0.497 e. The lowest BCUT2D eigenvalue weighted by molar-refractivity contribution is 0.171. The number of aliphatic imine (C=N–C) groups is 1. The lowest BCUT2D eigenvalue weighted by Crippen LogP contribution is -2.52. The molecule has 1 N–H and O–H groups in total. The Morgan fingerprint density at radius 2 is 1.88 bits per heavy atom. The second-order valence-corrected chi connectivity index (χ2v) is 8.98. The average Bonchev–Trinajstić information content (AvgIpc) is 3.27. The Labute approximate surface area is 214 Å². The molecule has 184 valence electrons. The number of methoxy groups -OCH3 is 2. The van der Waals surface area contributed by atoms with Crippen LogP contribution in [0.4, 0.5) is 0 Å². The van der Waals surface area contributed by atoms with Crippen molar-refractivity contribution in [3.8, 4) is 11.5 Å². The number of benzene rings is 1. The van der Waals surface area contributed by atoms with Gasteiger partial charge >= 0.3 is 0 Å². The summed E-state index contributed by atoms with van der Waals surface area (Å²) in [6.45, 7) is 14.2. The van der Waals surface area contributed by atoms with Crippen LogP contribution in [0.3, 0.4) is 0 Å². The van der Waals surface area contributed by atoms with Crippen LogP contribution in [-0.2, 0) is 18.5 Å². The fraction of sp³-hybridized carbons (Fsp3) is 0.583. The van der Waals surface area contributed by atoms with E-state index in [1.165, 1.54) is 0 Å². The van der Waals surface area contributed by atoms with Crippen molar-refractivity contribution in [2.24, 2.45) is 4.99 Å². The van der Waals surface area contributed by atoms with E-state index in [2.05, 4.69) is 53.9 Å². The molecule has 2 heterocycles. The van der Waals surface area contributed by atoms with Crippen molar-refractivity contribution < 1.29 is 13.9 Å². The molecule has 9 heteroatoms. The lowest BCUT2D eigenvalue weighted by Gasteiger charge is -2.36. The topological polar surface area (TPSA) is 75.4 Å². The molecule has 1 aromatic heterocycles. The normalized spacial score (nSPS) is 15.2. The molecule has 0 radical (unpaired) electrons. The molecule has 0 aliphatic carbocycles. The summed E-state index contributed by atoms with van der Waals surface area (Å²) < 4.78 is 16.8. The van der Waals surface area contributed by atoms with Crippen LogP contribution in [0.5, 0.6) is 11.5 Å². The third-order valence-electron chi connectivity index (χ3n) is 5.55. The average molecular weight is 572 g/mol. The van der Waals surface area contributed by atoms with E-state index in [1.54, 1.807) is 14.2 Å². The summed E-state index contributed by atoms with van der Waals surface area (Å²) in [5, 5.41) is 3.41. The third kappa shape index (κ3) is 7.49. The number of piperazine rings is 1. The Kier molecular flexibility index (Phi) is 10.3. The SMILES string of the molecule is CCNC(=NCc1ncc(C(C)(C)C)o1)N1CCN(Cc2cc(OC)ccc2OC)CC1.I. The molecule has 2 aromatic rings. The van der Waals surface area contributed by atoms with Crippen LogP contribution in [0.15, 0.2) is 33.8 Å². The molecule has 1 aliphatic heterocycles. The molecule has 0 amide bonds. The van der Waals surface area contributed by atoms with Crippen LogP contribution in [0, 0.1) is 0 Å². The number of ether oxygens (including phenoxy) is 2. The van der Waals surface area contributed by atoms with Crippen LogP contribution in [-0.4, -0.2) is 67.7 Å². The Hall–Kier alpha value is -2.01. The van der Waals surface area contributed by atoms with Gasteiger partial charge in [0, 0.05) is 50.2 Å². The Balaban J connectivity index is 0.00000385. The quantitative estimate of drug-likeness (QED) is 0.307. The molecule has 1 aromatic carbocycles. The van der Waals surface area contributed by atoms with E-state index in [0.717, 1.165) is 68.1 Å². The van der Waals surface area contributed by atoms with Crippen LogP contribution >= 0.6 is 24.0 Å². The van der Waals surface area contributed by atoms with Gasteiger partial charge in [0.2, 0.25) is 5.89 Å². The van der Waals surface area contributed by atoms with Crippen molar-refractivity contribution in [2.45, 2.75) is 46.2 Å². The van der Waals surface area contributed by atoms with Gasteiger partial charge in [-0.15, -0.1) is 24.0 Å². The predicted octanol–water partition coefficient (Wildman–Crippen LogP) is 3.89. The van der Waals surface area contributed by atoms with Crippen LogP contribution in [0.2, 0.25) is 0 Å². The summed E-state index contributed by atoms with van der Waals surface area (Å²) in [5.74, 6) is 4.18. The summed E-state index contributed by atoms with van der Waals surface area (Å²) >= 11 is 0. The number of hydrogen-bond acceptors (Lipinski definition) is 6. The number of nitrogens with zero attached hydrogens (tertiary/aromatic N) is 4. The molecule has 33 heavy (non-hydrogen) atoms. The van der Waals surface area contributed by atoms with Gasteiger partial charge < -0.3 is 24.1 Å². The lowest BCUT2D eigenvalue weighted by atomic mass is 9.94. The highest BCUT2D eigenvalue weighted by molar-refractivity contribution is 14.0. The fourth-order valence-corrected chi connectivity index (χ4v) is 3.66. The molecule has 8 nitrogen and oxygen atoms in total. The number of guanidine groups is 1. The van der Waals surface area contributed by atoms with Crippen LogP contribution in [0.1, 0.15) is 44.9 Å². The number of oxazole rings is 1. The monoisotopic (exact) mass is 571 g/mol. The molecular weight excluding hydrogens is 533 g/mol. The van der Waals surface area contributed by atoms with E-state index in [4.69, 9.17) is 18.9 Å². The van der Waals surface area contributed by atoms with Gasteiger partial charge in [-0.3, -0.25) is 4.90 Å². The van der Waals surface area contributed by atoms with Gasteiger partial charge in [0.1, 0.15) is 23.8 Å². The van der Waals surface area contributed by atoms with Crippen molar-refractivity contribution in [3.05, 3.63) is 41.6 Å². The van der Waals surface area contributed by atoms with Gasteiger partial charge in [0.05, 0.1) is 20.4 Å². The second kappa shape index (κ2) is 12.5. The van der Waals surface area contributed by atoms with E-state index in [-0.39, 0.29) is 29.4 Å². The minimum atomic E-state index is -0.0543. The number of aromatic nitrogens is 1. The molecule has 0 unspecified atom stereocenters. The molecule has 1 fully saturated rings. The van der Waals surface area contributed by atoms with Gasteiger partial charge in [-0.05, 0) is 25.1 Å². The molecule has 0 saturated carbocycles. The maximum Gasteiger partial charge on any atom is 0.216 e. The van der Waals surface area contributed by atoms with Gasteiger partial charge in [0.25, 0.3) is 0 Å². The zero-order valence-corrected chi connectivity index (χ0v) is 23.0. The summed E-state index contributed by atoms with van der Waals surface area (Å²) in [4.78, 5) is 13.9. The maximum absolute atomic E-state index is 5.89. The highest BCUT2D eigenvalue weighted by Crippen LogP contribution is 2.26. The maximum atomic E-state index is 5.89. The highest BCUT2D eigenvalue weighted by atomic mass is 127. The Morgan fingerprint density at radius 1 is 1.15 bits per heavy atom. The van der Waals surface area contributed by atoms with E-state index >= 15 is 0 Å². The van der Waals surface area contributed by atoms with E-state index in [1.807, 2.05) is 18.3 Å². The van der Waals surface area contributed by atoms with E-state index < -0.39 is 0 Å². The number of rotatable bonds is 7. The molecule has 1 aliphatic rings. The molecule has 0 atom stereocenters. The van der Waals surface area contributed by atoms with Crippen molar-refractivity contribution >= 4 is 29.9 Å². The Morgan fingerprint density at radius 3 is 2.45 bits per heavy atom. The smallest absolute Gasteiger partial charge is 0.216 e. The van der Waals surface area contributed by atoms with E-state index in [0.29, 0.717) is 12.4 Å². The fourth-order valence-electron chi connectivity index (χ4n) is 3.66. The van der Waals surface area contributed by atoms with E-state index in [9.17, 15) is 0 Å². The highest BCUT2D eigenvalue weighted by Gasteiger charge is 2.22. The first-order valence-corrected chi connectivity index (χ1v) is 11.3.